The number of methoxy groups -OCH3 is 1. The normalized spacial score (nSPS) is 18.3. The van der Waals surface area contributed by atoms with Crippen LogP contribution in [0.3, 0.4) is 0 Å². The summed E-state index contributed by atoms with van der Waals surface area (Å²) in [5.74, 6) is 7.41. The van der Waals surface area contributed by atoms with Gasteiger partial charge in [-0.25, -0.2) is 18.1 Å². The number of fused-ring (bicyclic) bond motifs is 1. The topological polar surface area (TPSA) is 116 Å². The van der Waals surface area contributed by atoms with Crippen molar-refractivity contribution in [2.24, 2.45) is 10.4 Å². The molecule has 5 rings (SSSR count). The molecule has 196 valence electrons. The van der Waals surface area contributed by atoms with Gasteiger partial charge in [-0.1, -0.05) is 24.3 Å². The number of allylic oxidation sites excluding steroid dienone is 1. The molecule has 0 spiro atoms. The lowest BCUT2D eigenvalue weighted by Gasteiger charge is -2.29. The Morgan fingerprint density at radius 3 is 2.57 bits per heavy atom. The number of nitrogens with zero attached hydrogens (tertiary/aromatic N) is 2. The van der Waals surface area contributed by atoms with Crippen LogP contribution >= 0.6 is 0 Å². The Morgan fingerprint density at radius 1 is 1.19 bits per heavy atom. The lowest BCUT2D eigenvalue weighted by atomic mass is 9.84. The molecule has 2 aromatic rings. The third-order valence-corrected chi connectivity index (χ3v) is 8.70. The molecule has 1 aromatic heterocycles. The molecule has 0 saturated heterocycles. The quantitative estimate of drug-likeness (QED) is 0.489. The zero-order chi connectivity index (χ0) is 26.4. The maximum atomic E-state index is 12.1. The number of Topliss-reactive ketones (excluding diaryl/α,β-unsaturated/α-hetero) is 1. The van der Waals surface area contributed by atoms with Gasteiger partial charge >= 0.3 is 0 Å². The third kappa shape index (κ3) is 4.84. The number of aryl methyl sites for hydroxylation is 1. The van der Waals surface area contributed by atoms with Gasteiger partial charge in [0.05, 0.1) is 24.0 Å². The molecule has 3 N–H and O–H groups in total. The van der Waals surface area contributed by atoms with Gasteiger partial charge in [-0.3, -0.25) is 4.79 Å². The van der Waals surface area contributed by atoms with Gasteiger partial charge < -0.3 is 15.9 Å². The molecule has 0 aliphatic heterocycles. The van der Waals surface area contributed by atoms with Crippen LogP contribution in [0.25, 0.3) is 11.3 Å². The third-order valence-electron chi connectivity index (χ3n) is 7.75. The number of ether oxygens (including phenoxy) is 1. The van der Waals surface area contributed by atoms with Crippen molar-refractivity contribution in [2.45, 2.75) is 44.9 Å². The molecule has 3 aliphatic carbocycles. The number of sulfone groups is 1. The molecule has 0 unspecified atom stereocenters. The molecule has 1 aromatic carbocycles. The molecule has 9 heteroatoms. The lowest BCUT2D eigenvalue weighted by Crippen LogP contribution is -2.33. The Bertz CT molecular complexity index is 1490. The summed E-state index contributed by atoms with van der Waals surface area (Å²) >= 11 is 0. The first-order valence-electron chi connectivity index (χ1n) is 12.7. The fourth-order valence-corrected chi connectivity index (χ4v) is 5.77. The minimum absolute atomic E-state index is 0.0779. The van der Waals surface area contributed by atoms with E-state index in [0.29, 0.717) is 29.9 Å². The van der Waals surface area contributed by atoms with Crippen molar-refractivity contribution >= 4 is 15.6 Å². The highest BCUT2D eigenvalue weighted by Crippen LogP contribution is 2.58. The average molecular weight is 523 g/mol. The number of hydrogen-bond donors (Lipinski definition) is 2. The summed E-state index contributed by atoms with van der Waals surface area (Å²) in [6, 6.07) is 9.55. The van der Waals surface area contributed by atoms with Gasteiger partial charge in [-0.2, -0.15) is 0 Å². The number of nitrogen functional groups attached to an aromatic ring is 1. The number of nitrogens with two attached hydrogens (primary N) is 1. The maximum absolute atomic E-state index is 12.1. The van der Waals surface area contributed by atoms with E-state index in [1.807, 2.05) is 30.3 Å². The molecule has 0 amide bonds. The van der Waals surface area contributed by atoms with Crippen molar-refractivity contribution < 1.29 is 17.9 Å². The van der Waals surface area contributed by atoms with E-state index in [1.165, 1.54) is 16.5 Å². The Hall–Kier alpha value is -3.33. The number of carbonyl (C=O) groups excluding carboxylic acids is 1. The van der Waals surface area contributed by atoms with Crippen molar-refractivity contribution in [1.82, 2.24) is 9.99 Å². The second-order valence-corrected chi connectivity index (χ2v) is 12.6. The second-order valence-electron chi connectivity index (χ2n) is 10.3. The van der Waals surface area contributed by atoms with Crippen LogP contribution in [0.1, 0.15) is 54.4 Å². The first-order chi connectivity index (χ1) is 17.6. The van der Waals surface area contributed by atoms with E-state index in [0.717, 1.165) is 66.6 Å². The smallest absolute Gasteiger partial charge is 0.194 e. The highest BCUT2D eigenvalue weighted by molar-refractivity contribution is 7.90. The van der Waals surface area contributed by atoms with Crippen molar-refractivity contribution in [1.29, 1.82) is 0 Å². The maximum Gasteiger partial charge on any atom is 0.194 e. The number of rotatable bonds is 9. The zero-order valence-electron chi connectivity index (χ0n) is 21.5. The van der Waals surface area contributed by atoms with Gasteiger partial charge in [-0.15, -0.1) is 0 Å². The predicted octanol–water partition coefficient (Wildman–Crippen LogP) is 3.27. The monoisotopic (exact) mass is 522 g/mol. The van der Waals surface area contributed by atoms with Crippen LogP contribution in [0.5, 0.6) is 5.75 Å². The van der Waals surface area contributed by atoms with Crippen LogP contribution in [0.4, 0.5) is 0 Å². The molecule has 0 bridgehead atoms. The SMILES string of the molecule is C=C(N=c1c(OC)ccc(-c2ccc3c(c2)CCC3=O)n1N)C1(C(NCCS(C)(=O)=O)=C2CCC2)CC1. The number of carbonyl (C=O) groups is 1. The van der Waals surface area contributed by atoms with Crippen LogP contribution in [-0.4, -0.2) is 44.5 Å². The van der Waals surface area contributed by atoms with Crippen LogP contribution in [-0.2, 0) is 16.3 Å². The van der Waals surface area contributed by atoms with Gasteiger partial charge in [0.1, 0.15) is 9.84 Å². The van der Waals surface area contributed by atoms with E-state index in [4.69, 9.17) is 15.6 Å². The van der Waals surface area contributed by atoms with Gasteiger partial charge in [-0.05, 0) is 62.3 Å². The fraction of sp³-hybridized carbons (Fsp3) is 0.429. The molecule has 2 saturated carbocycles. The van der Waals surface area contributed by atoms with E-state index in [9.17, 15) is 13.2 Å². The molecule has 1 heterocycles. The minimum atomic E-state index is -3.07. The first-order valence-corrected chi connectivity index (χ1v) is 14.8. The lowest BCUT2D eigenvalue weighted by molar-refractivity contribution is 0.0994. The number of ketones is 1. The Labute approximate surface area is 217 Å². The Kier molecular flexibility index (Phi) is 6.52. The average Bonchev–Trinajstić information content (AvgIpc) is 3.55. The molecule has 0 radical (unpaired) electrons. The van der Waals surface area contributed by atoms with Gasteiger partial charge in [0.25, 0.3) is 0 Å². The Balaban J connectivity index is 1.51. The van der Waals surface area contributed by atoms with E-state index >= 15 is 0 Å². The zero-order valence-corrected chi connectivity index (χ0v) is 22.3. The van der Waals surface area contributed by atoms with Crippen LogP contribution in [0.2, 0.25) is 0 Å². The summed E-state index contributed by atoms with van der Waals surface area (Å²) in [7, 11) is -1.48. The highest BCUT2D eigenvalue weighted by Gasteiger charge is 2.50. The minimum Gasteiger partial charge on any atom is -0.493 e. The summed E-state index contributed by atoms with van der Waals surface area (Å²) < 4.78 is 30.5. The van der Waals surface area contributed by atoms with Gasteiger partial charge in [0.2, 0.25) is 0 Å². The van der Waals surface area contributed by atoms with Gasteiger partial charge in [0, 0.05) is 41.7 Å². The van der Waals surface area contributed by atoms with E-state index in [1.54, 1.807) is 7.11 Å². The fourth-order valence-electron chi connectivity index (χ4n) is 5.30. The summed E-state index contributed by atoms with van der Waals surface area (Å²) in [6.45, 7) is 4.72. The number of hydrogen-bond acceptors (Lipinski definition) is 7. The molecular weight excluding hydrogens is 488 g/mol. The molecule has 0 atom stereocenters. The molecule has 2 fully saturated rings. The number of nitrogens with one attached hydrogen (secondary N) is 1. The van der Waals surface area contributed by atoms with Crippen LogP contribution < -0.4 is 21.4 Å². The Morgan fingerprint density at radius 2 is 1.95 bits per heavy atom. The van der Waals surface area contributed by atoms with Gasteiger partial charge in [0.15, 0.2) is 17.0 Å². The number of benzene rings is 1. The summed E-state index contributed by atoms with van der Waals surface area (Å²) in [5.41, 5.74) is 6.70. The second kappa shape index (κ2) is 9.52. The summed E-state index contributed by atoms with van der Waals surface area (Å²) in [4.78, 5) is 17.0. The number of pyridine rings is 1. The predicted molar refractivity (Wildman–Crippen MR) is 144 cm³/mol. The number of aromatic nitrogens is 1. The molecule has 37 heavy (non-hydrogen) atoms. The largest absolute Gasteiger partial charge is 0.493 e. The van der Waals surface area contributed by atoms with E-state index < -0.39 is 9.84 Å². The van der Waals surface area contributed by atoms with Crippen molar-refractivity contribution in [3.8, 4) is 17.0 Å². The van der Waals surface area contributed by atoms with E-state index in [-0.39, 0.29) is 17.0 Å². The first kappa shape index (κ1) is 25.3. The molecular formula is C28H34N4O4S. The van der Waals surface area contributed by atoms with Crippen molar-refractivity contribution in [3.05, 3.63) is 70.5 Å². The molecule has 8 nitrogen and oxygen atoms in total. The van der Waals surface area contributed by atoms with Crippen molar-refractivity contribution in [2.75, 3.05) is 31.5 Å². The van der Waals surface area contributed by atoms with E-state index in [2.05, 4.69) is 11.9 Å². The highest BCUT2D eigenvalue weighted by atomic mass is 32.2. The summed E-state index contributed by atoms with van der Waals surface area (Å²) in [6.07, 6.45) is 7.48. The molecule has 3 aliphatic rings. The standard InChI is InChI=1S/C28H34N4O4S/c1-18(28(13-14-28)26(19-5-4-6-19)30-15-16-37(3,34)35)31-27-25(36-2)12-10-23(32(27)29)21-7-9-22-20(17-21)8-11-24(22)33/h7,9-10,12,17,30H,1,4-6,8,11,13-16,29H2,2-3H3. The summed E-state index contributed by atoms with van der Waals surface area (Å²) in [5, 5.41) is 3.44. The van der Waals surface area contributed by atoms with Crippen LogP contribution in [0.15, 0.2) is 58.9 Å². The van der Waals surface area contributed by atoms with Crippen molar-refractivity contribution in [3.63, 3.8) is 0 Å². The van der Waals surface area contributed by atoms with Crippen LogP contribution in [0, 0.1) is 5.41 Å².